The predicted octanol–water partition coefficient (Wildman–Crippen LogP) is 0.934. The Morgan fingerprint density at radius 3 is 2.50 bits per heavy atom. The van der Waals surface area contributed by atoms with E-state index in [4.69, 9.17) is 16.2 Å². The van der Waals surface area contributed by atoms with Crippen LogP contribution in [0.25, 0.3) is 0 Å². The Balaban J connectivity index is 2.74. The van der Waals surface area contributed by atoms with Crippen molar-refractivity contribution in [1.82, 2.24) is 0 Å². The minimum Gasteiger partial charge on any atom is -0.458 e. The first-order chi connectivity index (χ1) is 7.63. The molecule has 1 aromatic rings. The number of rotatable bonds is 4. The second kappa shape index (κ2) is 5.55. The Morgan fingerprint density at radius 1 is 1.38 bits per heavy atom. The highest BCUT2D eigenvalue weighted by Gasteiger charge is 2.05. The van der Waals surface area contributed by atoms with Gasteiger partial charge in [-0.25, -0.2) is 9.79 Å². The smallest absolute Gasteiger partial charge is 0.338 e. The standard InChI is InChI=1S/C11H13N3O2/c1-2-7-16-10(15)8-3-5-9(6-4-8)14-11(12)13/h2-6H,1,7H2,(H4,12,13,14). The van der Waals surface area contributed by atoms with Gasteiger partial charge in [0.1, 0.15) is 6.61 Å². The quantitative estimate of drug-likeness (QED) is 0.341. The summed E-state index contributed by atoms with van der Waals surface area (Å²) in [5.41, 5.74) is 11.5. The van der Waals surface area contributed by atoms with Crippen LogP contribution in [0.5, 0.6) is 0 Å². The first-order valence-electron chi connectivity index (χ1n) is 4.61. The molecule has 0 aromatic heterocycles. The number of guanidine groups is 1. The summed E-state index contributed by atoms with van der Waals surface area (Å²) in [5, 5.41) is 0. The van der Waals surface area contributed by atoms with Crippen molar-refractivity contribution in [2.45, 2.75) is 0 Å². The molecule has 0 radical (unpaired) electrons. The van der Waals surface area contributed by atoms with Crippen molar-refractivity contribution in [3.8, 4) is 0 Å². The highest BCUT2D eigenvalue weighted by atomic mass is 16.5. The first-order valence-corrected chi connectivity index (χ1v) is 4.61. The van der Waals surface area contributed by atoms with E-state index < -0.39 is 5.97 Å². The minimum absolute atomic E-state index is 0.0259. The molecule has 0 amide bonds. The zero-order valence-corrected chi connectivity index (χ0v) is 8.72. The molecule has 5 heteroatoms. The summed E-state index contributed by atoms with van der Waals surface area (Å²) in [6.07, 6.45) is 1.51. The zero-order chi connectivity index (χ0) is 12.0. The number of hydrogen-bond acceptors (Lipinski definition) is 3. The highest BCUT2D eigenvalue weighted by Crippen LogP contribution is 2.13. The molecule has 16 heavy (non-hydrogen) atoms. The number of carbonyl (C=O) groups excluding carboxylic acids is 1. The second-order valence-electron chi connectivity index (χ2n) is 2.97. The van der Waals surface area contributed by atoms with Crippen LogP contribution in [0.1, 0.15) is 10.4 Å². The lowest BCUT2D eigenvalue weighted by atomic mass is 10.2. The molecule has 5 nitrogen and oxygen atoms in total. The molecular formula is C11H13N3O2. The van der Waals surface area contributed by atoms with E-state index in [0.717, 1.165) is 0 Å². The predicted molar refractivity (Wildman–Crippen MR) is 62.4 cm³/mol. The van der Waals surface area contributed by atoms with Gasteiger partial charge >= 0.3 is 5.97 Å². The Morgan fingerprint density at radius 2 is 2.00 bits per heavy atom. The number of benzene rings is 1. The molecule has 0 spiro atoms. The zero-order valence-electron chi connectivity index (χ0n) is 8.72. The van der Waals surface area contributed by atoms with Crippen molar-refractivity contribution in [3.05, 3.63) is 42.5 Å². The molecular weight excluding hydrogens is 206 g/mol. The van der Waals surface area contributed by atoms with Crippen LogP contribution in [0.4, 0.5) is 5.69 Å². The van der Waals surface area contributed by atoms with E-state index in [1.807, 2.05) is 0 Å². The Kier molecular flexibility index (Phi) is 4.08. The Labute approximate surface area is 93.4 Å². The van der Waals surface area contributed by atoms with Gasteiger partial charge in [-0.05, 0) is 24.3 Å². The number of carbonyl (C=O) groups is 1. The Hall–Kier alpha value is -2.30. The SMILES string of the molecule is C=CCOC(=O)c1ccc(N=C(N)N)cc1. The van der Waals surface area contributed by atoms with Crippen LogP contribution < -0.4 is 11.5 Å². The molecule has 0 saturated heterocycles. The second-order valence-corrected chi connectivity index (χ2v) is 2.97. The molecule has 4 N–H and O–H groups in total. The van der Waals surface area contributed by atoms with E-state index in [9.17, 15) is 4.79 Å². The fraction of sp³-hybridized carbons (Fsp3) is 0.0909. The third-order valence-electron chi connectivity index (χ3n) is 1.69. The van der Waals surface area contributed by atoms with E-state index >= 15 is 0 Å². The van der Waals surface area contributed by atoms with Crippen LogP contribution in [0.2, 0.25) is 0 Å². The summed E-state index contributed by atoms with van der Waals surface area (Å²) < 4.78 is 4.86. The van der Waals surface area contributed by atoms with Gasteiger partial charge in [0.15, 0.2) is 5.96 Å². The largest absolute Gasteiger partial charge is 0.458 e. The van der Waals surface area contributed by atoms with Crippen molar-refractivity contribution in [2.75, 3.05) is 6.61 Å². The fourth-order valence-electron chi connectivity index (χ4n) is 1.04. The van der Waals surface area contributed by atoms with E-state index in [-0.39, 0.29) is 12.6 Å². The van der Waals surface area contributed by atoms with Gasteiger partial charge in [-0.15, -0.1) is 0 Å². The van der Waals surface area contributed by atoms with E-state index in [0.29, 0.717) is 11.3 Å². The number of esters is 1. The van der Waals surface area contributed by atoms with Crippen LogP contribution >= 0.6 is 0 Å². The average Bonchev–Trinajstić information content (AvgIpc) is 2.26. The molecule has 84 valence electrons. The Bertz CT molecular complexity index is 406. The number of nitrogens with zero attached hydrogens (tertiary/aromatic N) is 1. The van der Waals surface area contributed by atoms with Gasteiger partial charge in [0, 0.05) is 0 Å². The minimum atomic E-state index is -0.406. The lowest BCUT2D eigenvalue weighted by Crippen LogP contribution is -2.21. The summed E-state index contributed by atoms with van der Waals surface area (Å²) in [7, 11) is 0. The number of nitrogens with two attached hydrogens (primary N) is 2. The lowest BCUT2D eigenvalue weighted by Gasteiger charge is -2.01. The highest BCUT2D eigenvalue weighted by molar-refractivity contribution is 5.90. The van der Waals surface area contributed by atoms with Gasteiger partial charge in [0.2, 0.25) is 0 Å². The molecule has 1 aromatic carbocycles. The summed E-state index contributed by atoms with van der Waals surface area (Å²) in [6, 6.07) is 6.44. The maximum Gasteiger partial charge on any atom is 0.338 e. The third kappa shape index (κ3) is 3.45. The van der Waals surface area contributed by atoms with Gasteiger partial charge in [0.25, 0.3) is 0 Å². The monoisotopic (exact) mass is 219 g/mol. The van der Waals surface area contributed by atoms with Crippen LogP contribution in [0.3, 0.4) is 0 Å². The first kappa shape index (κ1) is 11.8. The van der Waals surface area contributed by atoms with Crippen molar-refractivity contribution < 1.29 is 9.53 Å². The van der Waals surface area contributed by atoms with Gasteiger partial charge in [0.05, 0.1) is 11.3 Å². The summed E-state index contributed by atoms with van der Waals surface area (Å²) >= 11 is 0. The number of aliphatic imine (C=N–C) groups is 1. The maximum atomic E-state index is 11.4. The normalized spacial score (nSPS) is 9.25. The fourth-order valence-corrected chi connectivity index (χ4v) is 1.04. The molecule has 0 aliphatic heterocycles. The van der Waals surface area contributed by atoms with E-state index in [2.05, 4.69) is 11.6 Å². The molecule has 0 aliphatic carbocycles. The number of ether oxygens (including phenoxy) is 1. The molecule has 0 heterocycles. The number of hydrogen-bond donors (Lipinski definition) is 2. The van der Waals surface area contributed by atoms with Crippen LogP contribution in [0, 0.1) is 0 Å². The molecule has 1 rings (SSSR count). The maximum absolute atomic E-state index is 11.4. The third-order valence-corrected chi connectivity index (χ3v) is 1.69. The van der Waals surface area contributed by atoms with E-state index in [1.165, 1.54) is 6.08 Å². The van der Waals surface area contributed by atoms with Crippen molar-refractivity contribution in [2.24, 2.45) is 16.5 Å². The summed E-state index contributed by atoms with van der Waals surface area (Å²) in [4.78, 5) is 15.2. The summed E-state index contributed by atoms with van der Waals surface area (Å²) in [5.74, 6) is -0.432. The summed E-state index contributed by atoms with van der Waals surface area (Å²) in [6.45, 7) is 3.64. The van der Waals surface area contributed by atoms with Crippen LogP contribution in [-0.2, 0) is 4.74 Å². The van der Waals surface area contributed by atoms with Crippen molar-refractivity contribution in [3.63, 3.8) is 0 Å². The van der Waals surface area contributed by atoms with Crippen LogP contribution in [0.15, 0.2) is 41.9 Å². The van der Waals surface area contributed by atoms with Gasteiger partial charge in [-0.2, -0.15) is 0 Å². The van der Waals surface area contributed by atoms with Crippen molar-refractivity contribution >= 4 is 17.6 Å². The molecule has 0 unspecified atom stereocenters. The molecule has 0 bridgehead atoms. The van der Waals surface area contributed by atoms with Crippen LogP contribution in [-0.4, -0.2) is 18.5 Å². The van der Waals surface area contributed by atoms with Crippen molar-refractivity contribution in [1.29, 1.82) is 0 Å². The van der Waals surface area contributed by atoms with Gasteiger partial charge in [-0.3, -0.25) is 0 Å². The molecule has 0 saturated carbocycles. The molecule has 0 atom stereocenters. The van der Waals surface area contributed by atoms with Gasteiger partial charge < -0.3 is 16.2 Å². The average molecular weight is 219 g/mol. The van der Waals surface area contributed by atoms with Gasteiger partial charge in [-0.1, -0.05) is 12.7 Å². The lowest BCUT2D eigenvalue weighted by molar-refractivity contribution is 0.0550. The van der Waals surface area contributed by atoms with E-state index in [1.54, 1.807) is 24.3 Å². The topological polar surface area (TPSA) is 90.7 Å². The molecule has 0 fully saturated rings. The molecule has 0 aliphatic rings.